The predicted molar refractivity (Wildman–Crippen MR) is 109 cm³/mol. The molecule has 1 saturated heterocycles. The summed E-state index contributed by atoms with van der Waals surface area (Å²) in [7, 11) is 2.90. The SMILES string of the molecule is COC(=O)C(C)N1C(=O)C2(CC2)Oc2cc(F)c(N(C=O)C(=O)C3COCCN3C)cc21. The van der Waals surface area contributed by atoms with E-state index in [4.69, 9.17) is 14.2 Å². The predicted octanol–water partition coefficient (Wildman–Crippen LogP) is 0.465. The number of methoxy groups -OCH3 is 1. The van der Waals surface area contributed by atoms with Crippen LogP contribution < -0.4 is 14.5 Å². The lowest BCUT2D eigenvalue weighted by Gasteiger charge is -2.38. The Hall–Kier alpha value is -3.05. The molecule has 2 atom stereocenters. The second kappa shape index (κ2) is 8.14. The second-order valence-electron chi connectivity index (χ2n) is 8.13. The topological polar surface area (TPSA) is 106 Å². The van der Waals surface area contributed by atoms with Crippen molar-refractivity contribution in [2.45, 2.75) is 37.5 Å². The van der Waals surface area contributed by atoms with Crippen molar-refractivity contribution in [2.24, 2.45) is 0 Å². The van der Waals surface area contributed by atoms with E-state index in [0.717, 1.165) is 6.07 Å². The molecule has 10 nitrogen and oxygen atoms in total. The number of benzene rings is 1. The molecule has 0 N–H and O–H groups in total. The van der Waals surface area contributed by atoms with E-state index in [-0.39, 0.29) is 30.1 Å². The lowest BCUT2D eigenvalue weighted by molar-refractivity contribution is -0.144. The number of imide groups is 1. The monoisotopic (exact) mass is 449 g/mol. The summed E-state index contributed by atoms with van der Waals surface area (Å²) in [4.78, 5) is 53.8. The Labute approximate surface area is 183 Å². The first kappa shape index (κ1) is 22.2. The summed E-state index contributed by atoms with van der Waals surface area (Å²) in [5.74, 6) is -2.62. The molecule has 0 bridgehead atoms. The van der Waals surface area contributed by atoms with Gasteiger partial charge in [-0.05, 0) is 20.0 Å². The highest BCUT2D eigenvalue weighted by Gasteiger charge is 2.59. The van der Waals surface area contributed by atoms with Gasteiger partial charge < -0.3 is 14.2 Å². The Bertz CT molecular complexity index is 980. The molecule has 1 spiro atoms. The number of rotatable bonds is 5. The minimum atomic E-state index is -1.13. The van der Waals surface area contributed by atoms with Crippen LogP contribution in [0.1, 0.15) is 19.8 Å². The van der Waals surface area contributed by atoms with E-state index in [2.05, 4.69) is 0 Å². The first-order valence-electron chi connectivity index (χ1n) is 10.2. The Morgan fingerprint density at radius 2 is 2.09 bits per heavy atom. The summed E-state index contributed by atoms with van der Waals surface area (Å²) in [5, 5.41) is 0. The Kier molecular flexibility index (Phi) is 5.63. The summed E-state index contributed by atoms with van der Waals surface area (Å²) in [5.41, 5.74) is -1.41. The number of carbonyl (C=O) groups excluding carboxylic acids is 4. The number of esters is 1. The Morgan fingerprint density at radius 3 is 2.69 bits per heavy atom. The van der Waals surface area contributed by atoms with Crippen molar-refractivity contribution in [3.63, 3.8) is 0 Å². The first-order chi connectivity index (χ1) is 15.2. The summed E-state index contributed by atoms with van der Waals surface area (Å²) in [6.45, 7) is 2.46. The molecule has 1 aromatic rings. The number of likely N-dealkylation sites (N-methyl/N-ethyl adjacent to an activating group) is 1. The zero-order chi connectivity index (χ0) is 23.2. The van der Waals surface area contributed by atoms with Gasteiger partial charge >= 0.3 is 5.97 Å². The van der Waals surface area contributed by atoms with Gasteiger partial charge in [-0.1, -0.05) is 0 Å². The number of nitrogens with zero attached hydrogens (tertiary/aromatic N) is 3. The third kappa shape index (κ3) is 3.51. The van der Waals surface area contributed by atoms with Crippen molar-refractivity contribution in [1.29, 1.82) is 0 Å². The average molecular weight is 449 g/mol. The summed E-state index contributed by atoms with van der Waals surface area (Å²) in [6.07, 6.45) is 1.09. The highest BCUT2D eigenvalue weighted by atomic mass is 19.1. The summed E-state index contributed by atoms with van der Waals surface area (Å²) >= 11 is 0. The lowest BCUT2D eigenvalue weighted by Crippen LogP contribution is -2.54. The van der Waals surface area contributed by atoms with Crippen LogP contribution in [0, 0.1) is 5.82 Å². The van der Waals surface area contributed by atoms with Crippen LogP contribution >= 0.6 is 0 Å². The molecule has 3 aliphatic rings. The van der Waals surface area contributed by atoms with Gasteiger partial charge in [0.25, 0.3) is 11.8 Å². The van der Waals surface area contributed by atoms with Crippen molar-refractivity contribution in [2.75, 3.05) is 43.7 Å². The summed E-state index contributed by atoms with van der Waals surface area (Å²) in [6, 6.07) is 0.401. The van der Waals surface area contributed by atoms with Crippen molar-refractivity contribution < 1.29 is 37.8 Å². The van der Waals surface area contributed by atoms with Gasteiger partial charge in [-0.2, -0.15) is 0 Å². The van der Waals surface area contributed by atoms with Crippen molar-refractivity contribution in [3.8, 4) is 5.75 Å². The van der Waals surface area contributed by atoms with E-state index >= 15 is 4.39 Å². The number of ether oxygens (including phenoxy) is 3. The quantitative estimate of drug-likeness (QED) is 0.472. The number of hydrogen-bond donors (Lipinski definition) is 0. The number of halogens is 1. The lowest BCUT2D eigenvalue weighted by atomic mass is 10.1. The fourth-order valence-electron chi connectivity index (χ4n) is 3.99. The largest absolute Gasteiger partial charge is 0.475 e. The fourth-order valence-corrected chi connectivity index (χ4v) is 3.99. The van der Waals surface area contributed by atoms with Crippen LogP contribution in [0.3, 0.4) is 0 Å². The van der Waals surface area contributed by atoms with Gasteiger partial charge in [-0.15, -0.1) is 0 Å². The smallest absolute Gasteiger partial charge is 0.328 e. The van der Waals surface area contributed by atoms with E-state index in [9.17, 15) is 19.2 Å². The molecule has 172 valence electrons. The maximum atomic E-state index is 15.1. The van der Waals surface area contributed by atoms with Gasteiger partial charge in [-0.25, -0.2) is 14.1 Å². The molecule has 0 radical (unpaired) electrons. The highest BCUT2D eigenvalue weighted by molar-refractivity contribution is 6.12. The molecular weight excluding hydrogens is 425 g/mol. The van der Waals surface area contributed by atoms with E-state index in [1.54, 1.807) is 11.9 Å². The van der Waals surface area contributed by atoms with Crippen molar-refractivity contribution >= 4 is 35.6 Å². The van der Waals surface area contributed by atoms with Crippen LogP contribution in [0.15, 0.2) is 12.1 Å². The average Bonchev–Trinajstić information content (AvgIpc) is 3.55. The van der Waals surface area contributed by atoms with Gasteiger partial charge in [0.15, 0.2) is 11.4 Å². The molecule has 2 unspecified atom stereocenters. The van der Waals surface area contributed by atoms with Gasteiger partial charge in [0, 0.05) is 25.5 Å². The first-order valence-corrected chi connectivity index (χ1v) is 10.2. The van der Waals surface area contributed by atoms with Crippen LogP contribution in [-0.4, -0.2) is 80.7 Å². The third-order valence-electron chi connectivity index (χ3n) is 6.12. The maximum Gasteiger partial charge on any atom is 0.328 e. The van der Waals surface area contributed by atoms with Crippen LogP contribution in [0.25, 0.3) is 0 Å². The van der Waals surface area contributed by atoms with Crippen molar-refractivity contribution in [1.82, 2.24) is 4.90 Å². The zero-order valence-electron chi connectivity index (χ0n) is 18.0. The minimum absolute atomic E-state index is 0.0514. The van der Waals surface area contributed by atoms with Crippen LogP contribution in [0.2, 0.25) is 0 Å². The van der Waals surface area contributed by atoms with E-state index < -0.39 is 41.3 Å². The molecule has 4 rings (SSSR count). The molecule has 3 amide bonds. The summed E-state index contributed by atoms with van der Waals surface area (Å²) < 4.78 is 31.0. The zero-order valence-corrected chi connectivity index (χ0v) is 18.0. The molecular formula is C21H24FN3O7. The molecule has 2 fully saturated rings. The number of fused-ring (bicyclic) bond motifs is 1. The van der Waals surface area contributed by atoms with Crippen LogP contribution in [0.5, 0.6) is 5.75 Å². The second-order valence-corrected chi connectivity index (χ2v) is 8.13. The number of anilines is 2. The molecule has 2 heterocycles. The van der Waals surface area contributed by atoms with Crippen molar-refractivity contribution in [3.05, 3.63) is 17.9 Å². The van der Waals surface area contributed by atoms with E-state index in [0.29, 0.717) is 30.9 Å². The molecule has 1 aliphatic carbocycles. The van der Waals surface area contributed by atoms with Gasteiger partial charge in [0.1, 0.15) is 17.8 Å². The fraction of sp³-hybridized carbons (Fsp3) is 0.524. The van der Waals surface area contributed by atoms with Gasteiger partial charge in [0.2, 0.25) is 6.41 Å². The number of hydrogen-bond acceptors (Lipinski definition) is 8. The molecule has 2 aliphatic heterocycles. The highest BCUT2D eigenvalue weighted by Crippen LogP contribution is 2.51. The van der Waals surface area contributed by atoms with Crippen LogP contribution in [0.4, 0.5) is 15.8 Å². The molecule has 0 aromatic heterocycles. The minimum Gasteiger partial charge on any atom is -0.475 e. The number of morpholine rings is 1. The van der Waals surface area contributed by atoms with Crippen LogP contribution in [-0.2, 0) is 28.7 Å². The van der Waals surface area contributed by atoms with E-state index in [1.165, 1.54) is 25.0 Å². The molecule has 1 aromatic carbocycles. The normalized spacial score (nSPS) is 22.6. The van der Waals surface area contributed by atoms with E-state index in [1.807, 2.05) is 0 Å². The molecule has 11 heteroatoms. The maximum absolute atomic E-state index is 15.1. The Balaban J connectivity index is 1.76. The third-order valence-corrected chi connectivity index (χ3v) is 6.12. The van der Waals surface area contributed by atoms with Gasteiger partial charge in [-0.3, -0.25) is 24.2 Å². The molecule has 32 heavy (non-hydrogen) atoms. The standard InChI is InChI=1S/C21H24FN3O7/c1-12(19(28)30-3)25-15-9-14(13(22)8-17(15)32-21(4-5-21)20(25)29)24(11-26)18(27)16-10-31-7-6-23(16)2/h8-9,11-12,16H,4-7,10H2,1-3H3. The number of carbonyl (C=O) groups is 4. The molecule has 1 saturated carbocycles. The Morgan fingerprint density at radius 1 is 1.38 bits per heavy atom. The number of amides is 3. The van der Waals surface area contributed by atoms with Gasteiger partial charge in [0.05, 0.1) is 31.7 Å².